The highest BCUT2D eigenvalue weighted by Crippen LogP contribution is 2.34. The lowest BCUT2D eigenvalue weighted by molar-refractivity contribution is -0.119. The van der Waals surface area contributed by atoms with E-state index >= 15 is 0 Å². The SMILES string of the molecule is Cc1sc2ncnc(SCC(=O)NC3CCCCCC3)c2c1C. The molecule has 1 aliphatic rings. The molecule has 0 aromatic carbocycles. The summed E-state index contributed by atoms with van der Waals surface area (Å²) in [6, 6.07) is 0.362. The van der Waals surface area contributed by atoms with E-state index in [-0.39, 0.29) is 5.91 Å². The van der Waals surface area contributed by atoms with Crippen LogP contribution in [0.2, 0.25) is 0 Å². The predicted octanol–water partition coefficient (Wildman–Crippen LogP) is 4.24. The maximum atomic E-state index is 12.3. The van der Waals surface area contributed by atoms with Gasteiger partial charge in [0.2, 0.25) is 5.91 Å². The van der Waals surface area contributed by atoms with Crippen LogP contribution in [0.1, 0.15) is 49.0 Å². The van der Waals surface area contributed by atoms with Crippen molar-refractivity contribution in [3.8, 4) is 0 Å². The van der Waals surface area contributed by atoms with Crippen molar-refractivity contribution in [1.29, 1.82) is 0 Å². The Labute approximate surface area is 145 Å². The summed E-state index contributed by atoms with van der Waals surface area (Å²) >= 11 is 3.22. The van der Waals surface area contributed by atoms with Crippen LogP contribution in [0.5, 0.6) is 0 Å². The molecular formula is C17H23N3OS2. The lowest BCUT2D eigenvalue weighted by atomic mass is 10.1. The number of carbonyl (C=O) groups excluding carboxylic acids is 1. The zero-order valence-electron chi connectivity index (χ0n) is 13.7. The van der Waals surface area contributed by atoms with Gasteiger partial charge >= 0.3 is 0 Å². The van der Waals surface area contributed by atoms with Gasteiger partial charge in [-0.25, -0.2) is 9.97 Å². The van der Waals surface area contributed by atoms with Crippen molar-refractivity contribution in [3.63, 3.8) is 0 Å². The first-order valence-corrected chi connectivity index (χ1v) is 10.1. The molecule has 1 aliphatic carbocycles. The Hall–Kier alpha value is -1.14. The van der Waals surface area contributed by atoms with Gasteiger partial charge in [-0.15, -0.1) is 11.3 Å². The first-order valence-electron chi connectivity index (χ1n) is 8.28. The fourth-order valence-corrected chi connectivity index (χ4v) is 5.01. The maximum absolute atomic E-state index is 12.3. The van der Waals surface area contributed by atoms with Gasteiger partial charge in [-0.1, -0.05) is 37.4 Å². The predicted molar refractivity (Wildman–Crippen MR) is 97.2 cm³/mol. The summed E-state index contributed by atoms with van der Waals surface area (Å²) in [6.45, 7) is 4.21. The molecule has 0 aliphatic heterocycles. The number of rotatable bonds is 4. The number of nitrogens with zero attached hydrogens (tertiary/aromatic N) is 2. The van der Waals surface area contributed by atoms with Crippen molar-refractivity contribution in [1.82, 2.24) is 15.3 Å². The molecule has 4 nitrogen and oxygen atoms in total. The van der Waals surface area contributed by atoms with Gasteiger partial charge in [-0.2, -0.15) is 0 Å². The monoisotopic (exact) mass is 349 g/mol. The average molecular weight is 350 g/mol. The Kier molecular flexibility index (Phi) is 5.54. The normalized spacial score (nSPS) is 16.4. The summed E-state index contributed by atoms with van der Waals surface area (Å²) in [5, 5.41) is 5.23. The van der Waals surface area contributed by atoms with E-state index in [2.05, 4.69) is 29.1 Å². The van der Waals surface area contributed by atoms with E-state index < -0.39 is 0 Å². The summed E-state index contributed by atoms with van der Waals surface area (Å²) < 4.78 is 0. The average Bonchev–Trinajstić information content (AvgIpc) is 2.71. The highest BCUT2D eigenvalue weighted by molar-refractivity contribution is 8.00. The van der Waals surface area contributed by atoms with Gasteiger partial charge in [0.05, 0.1) is 5.75 Å². The largest absolute Gasteiger partial charge is 0.353 e. The van der Waals surface area contributed by atoms with E-state index in [9.17, 15) is 4.79 Å². The van der Waals surface area contributed by atoms with E-state index in [1.165, 1.54) is 47.9 Å². The minimum Gasteiger partial charge on any atom is -0.353 e. The molecule has 1 saturated carbocycles. The Morgan fingerprint density at radius 3 is 2.74 bits per heavy atom. The summed E-state index contributed by atoms with van der Waals surface area (Å²) in [6.07, 6.45) is 8.92. The molecule has 1 N–H and O–H groups in total. The fourth-order valence-electron chi connectivity index (χ4n) is 3.09. The molecule has 0 bridgehead atoms. The van der Waals surface area contributed by atoms with Crippen LogP contribution in [0, 0.1) is 13.8 Å². The molecule has 0 atom stereocenters. The lowest BCUT2D eigenvalue weighted by Crippen LogP contribution is -2.35. The van der Waals surface area contributed by atoms with Crippen LogP contribution in [0.4, 0.5) is 0 Å². The van der Waals surface area contributed by atoms with E-state index in [1.807, 2.05) is 0 Å². The smallest absolute Gasteiger partial charge is 0.230 e. The van der Waals surface area contributed by atoms with Crippen molar-refractivity contribution in [2.24, 2.45) is 0 Å². The van der Waals surface area contributed by atoms with E-state index in [1.54, 1.807) is 17.7 Å². The quantitative estimate of drug-likeness (QED) is 0.509. The number of hydrogen-bond acceptors (Lipinski definition) is 5. The molecule has 2 aromatic rings. The Bertz CT molecular complexity index is 690. The maximum Gasteiger partial charge on any atom is 0.230 e. The number of fused-ring (bicyclic) bond motifs is 1. The number of aromatic nitrogens is 2. The van der Waals surface area contributed by atoms with Crippen molar-refractivity contribution in [3.05, 3.63) is 16.8 Å². The number of thioether (sulfide) groups is 1. The van der Waals surface area contributed by atoms with Gasteiger partial charge in [0.15, 0.2) is 0 Å². The molecule has 124 valence electrons. The van der Waals surface area contributed by atoms with Crippen molar-refractivity contribution in [2.45, 2.75) is 63.4 Å². The molecule has 0 spiro atoms. The first-order chi connectivity index (χ1) is 11.1. The Morgan fingerprint density at radius 2 is 2.00 bits per heavy atom. The molecule has 6 heteroatoms. The van der Waals surface area contributed by atoms with Gasteiger partial charge in [0, 0.05) is 16.3 Å². The van der Waals surface area contributed by atoms with Crippen LogP contribution in [-0.2, 0) is 4.79 Å². The molecule has 0 unspecified atom stereocenters. The van der Waals surface area contributed by atoms with Gasteiger partial charge in [0.25, 0.3) is 0 Å². The van der Waals surface area contributed by atoms with Gasteiger partial charge in [0.1, 0.15) is 16.2 Å². The molecule has 3 rings (SSSR count). The van der Waals surface area contributed by atoms with Crippen molar-refractivity contribution in [2.75, 3.05) is 5.75 Å². The number of amides is 1. The third kappa shape index (κ3) is 4.04. The second kappa shape index (κ2) is 7.62. The van der Waals surface area contributed by atoms with Crippen LogP contribution in [-0.4, -0.2) is 27.7 Å². The van der Waals surface area contributed by atoms with Crippen LogP contribution in [0.25, 0.3) is 10.2 Å². The number of carbonyl (C=O) groups is 1. The third-order valence-electron chi connectivity index (χ3n) is 4.49. The lowest BCUT2D eigenvalue weighted by Gasteiger charge is -2.15. The molecule has 23 heavy (non-hydrogen) atoms. The molecular weight excluding hydrogens is 326 g/mol. The van der Waals surface area contributed by atoms with E-state index in [0.29, 0.717) is 11.8 Å². The Morgan fingerprint density at radius 1 is 1.26 bits per heavy atom. The van der Waals surface area contributed by atoms with Crippen LogP contribution in [0.15, 0.2) is 11.4 Å². The zero-order chi connectivity index (χ0) is 16.2. The third-order valence-corrected chi connectivity index (χ3v) is 6.60. The summed E-state index contributed by atoms with van der Waals surface area (Å²) in [7, 11) is 0. The standard InChI is InChI=1S/C17H23N3OS2/c1-11-12(2)23-17-15(11)16(18-10-19-17)22-9-14(21)20-13-7-5-3-4-6-8-13/h10,13H,3-9H2,1-2H3,(H,20,21). The summed E-state index contributed by atoms with van der Waals surface area (Å²) in [5.41, 5.74) is 1.23. The van der Waals surface area contributed by atoms with Gasteiger partial charge < -0.3 is 5.32 Å². The molecule has 2 heterocycles. The molecule has 2 aromatic heterocycles. The molecule has 0 saturated heterocycles. The second-order valence-corrected chi connectivity index (χ2v) is 8.35. The Balaban J connectivity index is 1.62. The van der Waals surface area contributed by atoms with Crippen LogP contribution in [0.3, 0.4) is 0 Å². The number of thiophene rings is 1. The first kappa shape index (κ1) is 16.7. The van der Waals surface area contributed by atoms with Gasteiger partial charge in [-0.3, -0.25) is 4.79 Å². The van der Waals surface area contributed by atoms with Crippen molar-refractivity contribution >= 4 is 39.2 Å². The minimum absolute atomic E-state index is 0.123. The fraction of sp³-hybridized carbons (Fsp3) is 0.588. The minimum atomic E-state index is 0.123. The van der Waals surface area contributed by atoms with Crippen molar-refractivity contribution < 1.29 is 4.79 Å². The van der Waals surface area contributed by atoms with Gasteiger partial charge in [-0.05, 0) is 32.3 Å². The molecule has 0 radical (unpaired) electrons. The topological polar surface area (TPSA) is 54.9 Å². The summed E-state index contributed by atoms with van der Waals surface area (Å²) in [4.78, 5) is 23.3. The van der Waals surface area contributed by atoms with E-state index in [0.717, 1.165) is 28.1 Å². The summed E-state index contributed by atoms with van der Waals surface area (Å²) in [5.74, 6) is 0.551. The number of nitrogens with one attached hydrogen (secondary N) is 1. The van der Waals surface area contributed by atoms with Crippen LogP contribution >= 0.6 is 23.1 Å². The zero-order valence-corrected chi connectivity index (χ0v) is 15.4. The second-order valence-electron chi connectivity index (χ2n) is 6.19. The molecule has 1 fully saturated rings. The number of aryl methyl sites for hydroxylation is 2. The van der Waals surface area contributed by atoms with E-state index in [4.69, 9.17) is 0 Å². The molecule has 1 amide bonds. The highest BCUT2D eigenvalue weighted by Gasteiger charge is 2.17. The van der Waals surface area contributed by atoms with Crippen LogP contribution < -0.4 is 5.32 Å². The number of hydrogen-bond donors (Lipinski definition) is 1. The highest BCUT2D eigenvalue weighted by atomic mass is 32.2.